The summed E-state index contributed by atoms with van der Waals surface area (Å²) in [6.07, 6.45) is 7.65. The quantitative estimate of drug-likeness (QED) is 0.308. The van der Waals surface area contributed by atoms with Crippen molar-refractivity contribution in [2.75, 3.05) is 25.6 Å². The van der Waals surface area contributed by atoms with Crippen LogP contribution < -0.4 is 10.6 Å². The molecule has 0 aromatic carbocycles. The molecule has 0 aliphatic heterocycles. The van der Waals surface area contributed by atoms with Crippen molar-refractivity contribution in [2.24, 2.45) is 4.99 Å². The third kappa shape index (κ3) is 6.02. The standard InChI is InChI=1S/C15H22N6S.HI/c1-12-17-6-8-21(12)14-5-4-13(10-19-14)11-20-15(16-2)18-7-9-22-3;/h4-6,8,10H,7,9,11H2,1-3H3,(H2,16,18,20);1H. The highest BCUT2D eigenvalue weighted by atomic mass is 127. The lowest BCUT2D eigenvalue weighted by molar-refractivity contribution is 0.826. The molecule has 0 fully saturated rings. The van der Waals surface area contributed by atoms with Gasteiger partial charge in [-0.1, -0.05) is 6.07 Å². The van der Waals surface area contributed by atoms with Crippen molar-refractivity contribution >= 4 is 41.7 Å². The summed E-state index contributed by atoms with van der Waals surface area (Å²) in [7, 11) is 1.78. The molecular formula is C15H23IN6S. The van der Waals surface area contributed by atoms with Crippen LogP contribution in [0, 0.1) is 6.92 Å². The van der Waals surface area contributed by atoms with E-state index in [1.807, 2.05) is 41.7 Å². The summed E-state index contributed by atoms with van der Waals surface area (Å²) < 4.78 is 1.96. The maximum absolute atomic E-state index is 4.48. The molecule has 0 bridgehead atoms. The van der Waals surface area contributed by atoms with Crippen LogP contribution in [-0.2, 0) is 6.54 Å². The van der Waals surface area contributed by atoms with E-state index >= 15 is 0 Å². The predicted octanol–water partition coefficient (Wildman–Crippen LogP) is 2.22. The summed E-state index contributed by atoms with van der Waals surface area (Å²) in [6.45, 7) is 3.55. The van der Waals surface area contributed by atoms with Crippen molar-refractivity contribution in [3.8, 4) is 5.82 Å². The largest absolute Gasteiger partial charge is 0.356 e. The molecule has 0 aliphatic rings. The fourth-order valence-electron chi connectivity index (χ4n) is 1.96. The molecule has 2 aromatic rings. The van der Waals surface area contributed by atoms with Gasteiger partial charge < -0.3 is 10.6 Å². The highest BCUT2D eigenvalue weighted by molar-refractivity contribution is 14.0. The second kappa shape index (κ2) is 10.5. The zero-order valence-electron chi connectivity index (χ0n) is 13.6. The highest BCUT2D eigenvalue weighted by Crippen LogP contribution is 2.08. The molecule has 0 spiro atoms. The van der Waals surface area contributed by atoms with Gasteiger partial charge in [-0.3, -0.25) is 9.56 Å². The van der Waals surface area contributed by atoms with Crippen LogP contribution in [0.15, 0.2) is 35.7 Å². The number of guanidine groups is 1. The number of nitrogens with zero attached hydrogens (tertiary/aromatic N) is 4. The van der Waals surface area contributed by atoms with E-state index < -0.39 is 0 Å². The molecule has 23 heavy (non-hydrogen) atoms. The summed E-state index contributed by atoms with van der Waals surface area (Å²) in [6, 6.07) is 4.06. The van der Waals surface area contributed by atoms with Gasteiger partial charge in [0.1, 0.15) is 11.6 Å². The number of pyridine rings is 1. The summed E-state index contributed by atoms with van der Waals surface area (Å²) in [5, 5.41) is 6.55. The lowest BCUT2D eigenvalue weighted by atomic mass is 10.3. The van der Waals surface area contributed by atoms with Crippen LogP contribution in [0.1, 0.15) is 11.4 Å². The minimum absolute atomic E-state index is 0. The van der Waals surface area contributed by atoms with E-state index in [1.54, 1.807) is 13.2 Å². The molecule has 0 radical (unpaired) electrons. The SMILES string of the molecule is CN=C(NCCSC)NCc1ccc(-n2ccnc2C)nc1.I. The van der Waals surface area contributed by atoms with E-state index in [0.717, 1.165) is 35.5 Å². The van der Waals surface area contributed by atoms with Crippen molar-refractivity contribution in [1.29, 1.82) is 0 Å². The number of aromatic nitrogens is 3. The van der Waals surface area contributed by atoms with Gasteiger partial charge in [0.2, 0.25) is 0 Å². The Kier molecular flexibility index (Phi) is 9.00. The number of nitrogens with one attached hydrogen (secondary N) is 2. The molecule has 0 unspecified atom stereocenters. The van der Waals surface area contributed by atoms with E-state index in [2.05, 4.69) is 37.9 Å². The molecular weight excluding hydrogens is 423 g/mol. The Morgan fingerprint density at radius 2 is 2.13 bits per heavy atom. The predicted molar refractivity (Wildman–Crippen MR) is 108 cm³/mol. The topological polar surface area (TPSA) is 67.1 Å². The fourth-order valence-corrected chi connectivity index (χ4v) is 2.27. The fraction of sp³-hybridized carbons (Fsp3) is 0.400. The first kappa shape index (κ1) is 19.8. The number of rotatable bonds is 6. The molecule has 2 aromatic heterocycles. The van der Waals surface area contributed by atoms with Gasteiger partial charge in [0, 0.05) is 44.5 Å². The Labute approximate surface area is 158 Å². The Morgan fingerprint density at radius 1 is 1.30 bits per heavy atom. The second-order valence-electron chi connectivity index (χ2n) is 4.71. The van der Waals surface area contributed by atoms with Gasteiger partial charge in [-0.15, -0.1) is 24.0 Å². The summed E-state index contributed by atoms with van der Waals surface area (Å²) in [5.41, 5.74) is 1.11. The van der Waals surface area contributed by atoms with Crippen LogP contribution >= 0.6 is 35.7 Å². The van der Waals surface area contributed by atoms with Crippen LogP contribution in [0.4, 0.5) is 0 Å². The number of thioether (sulfide) groups is 1. The minimum atomic E-state index is 0. The van der Waals surface area contributed by atoms with Gasteiger partial charge in [0.25, 0.3) is 0 Å². The molecule has 0 amide bonds. The molecule has 2 rings (SSSR count). The first-order chi connectivity index (χ1) is 10.7. The van der Waals surface area contributed by atoms with E-state index in [0.29, 0.717) is 6.54 Å². The Hall–Kier alpha value is -1.29. The van der Waals surface area contributed by atoms with E-state index in [9.17, 15) is 0 Å². The van der Waals surface area contributed by atoms with Crippen molar-refractivity contribution in [2.45, 2.75) is 13.5 Å². The number of aliphatic imine (C=N–C) groups is 1. The molecule has 0 aliphatic carbocycles. The van der Waals surface area contributed by atoms with Gasteiger partial charge in [0.15, 0.2) is 5.96 Å². The number of halogens is 1. The van der Waals surface area contributed by atoms with Crippen LogP contribution in [-0.4, -0.2) is 46.1 Å². The zero-order chi connectivity index (χ0) is 15.8. The van der Waals surface area contributed by atoms with Gasteiger partial charge in [0.05, 0.1) is 0 Å². The maximum Gasteiger partial charge on any atom is 0.191 e. The van der Waals surface area contributed by atoms with Crippen LogP contribution in [0.25, 0.3) is 5.82 Å². The van der Waals surface area contributed by atoms with Gasteiger partial charge >= 0.3 is 0 Å². The molecule has 0 saturated carbocycles. The first-order valence-electron chi connectivity index (χ1n) is 7.13. The average molecular weight is 446 g/mol. The molecule has 2 N–H and O–H groups in total. The lowest BCUT2D eigenvalue weighted by Crippen LogP contribution is -2.37. The van der Waals surface area contributed by atoms with E-state index in [-0.39, 0.29) is 24.0 Å². The molecule has 0 atom stereocenters. The van der Waals surface area contributed by atoms with Gasteiger partial charge in [-0.25, -0.2) is 9.97 Å². The first-order valence-corrected chi connectivity index (χ1v) is 8.52. The Morgan fingerprint density at radius 3 is 2.70 bits per heavy atom. The molecule has 0 saturated heterocycles. The van der Waals surface area contributed by atoms with Crippen LogP contribution in [0.5, 0.6) is 0 Å². The van der Waals surface area contributed by atoms with E-state index in [1.165, 1.54) is 0 Å². The smallest absolute Gasteiger partial charge is 0.191 e. The van der Waals surface area contributed by atoms with Crippen molar-refractivity contribution in [3.05, 3.63) is 42.1 Å². The summed E-state index contributed by atoms with van der Waals surface area (Å²) in [4.78, 5) is 12.9. The maximum atomic E-state index is 4.48. The number of aryl methyl sites for hydroxylation is 1. The zero-order valence-corrected chi connectivity index (χ0v) is 16.8. The molecule has 8 heteroatoms. The highest BCUT2D eigenvalue weighted by Gasteiger charge is 2.02. The monoisotopic (exact) mass is 446 g/mol. The number of hydrogen-bond acceptors (Lipinski definition) is 4. The minimum Gasteiger partial charge on any atom is -0.356 e. The van der Waals surface area contributed by atoms with Crippen molar-refractivity contribution in [3.63, 3.8) is 0 Å². The summed E-state index contributed by atoms with van der Waals surface area (Å²) in [5.74, 6) is 3.67. The lowest BCUT2D eigenvalue weighted by Gasteiger charge is -2.11. The van der Waals surface area contributed by atoms with Gasteiger partial charge in [-0.2, -0.15) is 11.8 Å². The van der Waals surface area contributed by atoms with E-state index in [4.69, 9.17) is 0 Å². The Balaban J connectivity index is 0.00000264. The third-order valence-electron chi connectivity index (χ3n) is 3.16. The van der Waals surface area contributed by atoms with Crippen molar-refractivity contribution < 1.29 is 0 Å². The molecule has 6 nitrogen and oxygen atoms in total. The number of hydrogen-bond donors (Lipinski definition) is 2. The van der Waals surface area contributed by atoms with Gasteiger partial charge in [-0.05, 0) is 24.8 Å². The number of imidazole rings is 1. The summed E-state index contributed by atoms with van der Waals surface area (Å²) >= 11 is 1.81. The van der Waals surface area contributed by atoms with Crippen LogP contribution in [0.3, 0.4) is 0 Å². The Bertz CT molecular complexity index is 611. The second-order valence-corrected chi connectivity index (χ2v) is 5.70. The van der Waals surface area contributed by atoms with Crippen LogP contribution in [0.2, 0.25) is 0 Å². The van der Waals surface area contributed by atoms with Crippen molar-refractivity contribution in [1.82, 2.24) is 25.2 Å². The normalized spacial score (nSPS) is 11.0. The third-order valence-corrected chi connectivity index (χ3v) is 3.78. The average Bonchev–Trinajstić information content (AvgIpc) is 2.97. The molecule has 2 heterocycles. The molecule has 126 valence electrons.